The van der Waals surface area contributed by atoms with Gasteiger partial charge in [-0.15, -0.1) is 0 Å². The first-order chi connectivity index (χ1) is 8.15. The van der Waals surface area contributed by atoms with Crippen molar-refractivity contribution in [3.63, 3.8) is 0 Å². The molecule has 0 bridgehead atoms. The van der Waals surface area contributed by atoms with Gasteiger partial charge in [0.2, 0.25) is 5.95 Å². The van der Waals surface area contributed by atoms with E-state index in [2.05, 4.69) is 31.2 Å². The number of nitrogens with zero attached hydrogens (tertiary/aromatic N) is 2. The van der Waals surface area contributed by atoms with Gasteiger partial charge in [-0.2, -0.15) is 4.39 Å². The number of anilines is 1. The lowest BCUT2D eigenvalue weighted by atomic mass is 10.2. The van der Waals surface area contributed by atoms with Crippen LogP contribution < -0.4 is 5.32 Å². The molecule has 86 valence electrons. The molecule has 0 saturated heterocycles. The first kappa shape index (κ1) is 11.7. The number of carbonyl (C=O) groups excluding carboxylic acids is 1. The summed E-state index contributed by atoms with van der Waals surface area (Å²) in [6.07, 6.45) is 2.77. The Morgan fingerprint density at radius 3 is 2.76 bits per heavy atom. The second-order valence-corrected chi connectivity index (χ2v) is 4.00. The second-order valence-electron chi connectivity index (χ2n) is 3.19. The van der Waals surface area contributed by atoms with E-state index in [0.717, 1.165) is 0 Å². The Hall–Kier alpha value is -1.82. The van der Waals surface area contributed by atoms with Crippen LogP contribution in [0.5, 0.6) is 0 Å². The van der Waals surface area contributed by atoms with Crippen LogP contribution in [0.15, 0.2) is 41.3 Å². The summed E-state index contributed by atoms with van der Waals surface area (Å²) in [5.41, 5.74) is 0.889. The average molecular weight is 296 g/mol. The molecule has 0 spiro atoms. The normalized spacial score (nSPS) is 10.0. The van der Waals surface area contributed by atoms with Crippen LogP contribution in [0.1, 0.15) is 10.4 Å². The van der Waals surface area contributed by atoms with Crippen molar-refractivity contribution in [2.24, 2.45) is 0 Å². The quantitative estimate of drug-likeness (QED) is 0.867. The van der Waals surface area contributed by atoms with Gasteiger partial charge in [0.1, 0.15) is 4.60 Å². The Bertz CT molecular complexity index is 545. The summed E-state index contributed by atoms with van der Waals surface area (Å²) >= 11 is 3.17. The molecule has 0 aromatic carbocycles. The van der Waals surface area contributed by atoms with Crippen LogP contribution in [0.2, 0.25) is 0 Å². The molecule has 0 aliphatic carbocycles. The van der Waals surface area contributed by atoms with Crippen molar-refractivity contribution in [1.29, 1.82) is 0 Å². The number of rotatable bonds is 2. The van der Waals surface area contributed by atoms with E-state index in [1.165, 1.54) is 24.5 Å². The van der Waals surface area contributed by atoms with Crippen LogP contribution in [-0.4, -0.2) is 15.9 Å². The van der Waals surface area contributed by atoms with Crippen molar-refractivity contribution in [3.05, 3.63) is 52.8 Å². The summed E-state index contributed by atoms with van der Waals surface area (Å²) in [7, 11) is 0. The predicted octanol–water partition coefficient (Wildman–Crippen LogP) is 2.63. The fourth-order valence-electron chi connectivity index (χ4n) is 1.20. The van der Waals surface area contributed by atoms with Gasteiger partial charge in [-0.25, -0.2) is 9.97 Å². The van der Waals surface area contributed by atoms with Gasteiger partial charge in [-0.3, -0.25) is 4.79 Å². The fraction of sp³-hybridized carbons (Fsp3) is 0. The van der Waals surface area contributed by atoms with Crippen molar-refractivity contribution < 1.29 is 9.18 Å². The van der Waals surface area contributed by atoms with Gasteiger partial charge < -0.3 is 5.32 Å². The minimum Gasteiger partial charge on any atom is -0.321 e. The predicted molar refractivity (Wildman–Crippen MR) is 64.1 cm³/mol. The smallest absolute Gasteiger partial charge is 0.255 e. The topological polar surface area (TPSA) is 54.9 Å². The van der Waals surface area contributed by atoms with Crippen LogP contribution in [-0.2, 0) is 0 Å². The molecule has 2 aromatic heterocycles. The van der Waals surface area contributed by atoms with Gasteiger partial charge in [0.25, 0.3) is 5.91 Å². The maximum absolute atomic E-state index is 12.6. The van der Waals surface area contributed by atoms with E-state index in [0.29, 0.717) is 15.9 Å². The van der Waals surface area contributed by atoms with E-state index in [1.54, 1.807) is 12.1 Å². The lowest BCUT2D eigenvalue weighted by Crippen LogP contribution is -2.12. The molecule has 0 aliphatic heterocycles. The highest BCUT2D eigenvalue weighted by Crippen LogP contribution is 2.11. The number of pyridine rings is 2. The van der Waals surface area contributed by atoms with Gasteiger partial charge in [0, 0.05) is 11.8 Å². The highest BCUT2D eigenvalue weighted by Gasteiger charge is 2.06. The second kappa shape index (κ2) is 5.01. The molecule has 0 unspecified atom stereocenters. The minimum atomic E-state index is -0.588. The number of nitrogens with one attached hydrogen (secondary N) is 1. The molecule has 0 saturated carbocycles. The summed E-state index contributed by atoms with van der Waals surface area (Å²) in [5.74, 6) is -0.892. The summed E-state index contributed by atoms with van der Waals surface area (Å²) in [4.78, 5) is 19.1. The number of hydrogen-bond donors (Lipinski definition) is 1. The van der Waals surface area contributed by atoms with Crippen molar-refractivity contribution >= 4 is 27.5 Å². The average Bonchev–Trinajstić information content (AvgIpc) is 2.32. The molecule has 2 rings (SSSR count). The zero-order valence-electron chi connectivity index (χ0n) is 8.52. The molecule has 0 radical (unpaired) electrons. The highest BCUT2D eigenvalue weighted by molar-refractivity contribution is 9.10. The largest absolute Gasteiger partial charge is 0.321 e. The Morgan fingerprint density at radius 1 is 1.29 bits per heavy atom. The molecule has 2 heterocycles. The molecule has 1 N–H and O–H groups in total. The third-order valence-corrected chi connectivity index (χ3v) is 2.41. The maximum atomic E-state index is 12.6. The van der Waals surface area contributed by atoms with Crippen LogP contribution in [0.4, 0.5) is 10.1 Å². The molecule has 1 amide bonds. The van der Waals surface area contributed by atoms with Gasteiger partial charge in [0.15, 0.2) is 0 Å². The van der Waals surface area contributed by atoms with E-state index in [1.807, 2.05) is 0 Å². The Balaban J connectivity index is 2.14. The van der Waals surface area contributed by atoms with Crippen LogP contribution in [0, 0.1) is 5.95 Å². The zero-order chi connectivity index (χ0) is 12.3. The van der Waals surface area contributed by atoms with Crippen molar-refractivity contribution in [3.8, 4) is 0 Å². The molecule has 6 heteroatoms. The van der Waals surface area contributed by atoms with Crippen molar-refractivity contribution in [2.75, 3.05) is 5.32 Å². The maximum Gasteiger partial charge on any atom is 0.255 e. The van der Waals surface area contributed by atoms with E-state index in [4.69, 9.17) is 0 Å². The summed E-state index contributed by atoms with van der Waals surface area (Å²) < 4.78 is 13.1. The SMILES string of the molecule is O=C(Nc1ccc(F)nc1)c1ccnc(Br)c1. The number of amides is 1. The molecule has 0 aliphatic rings. The Labute approximate surface area is 105 Å². The molecular formula is C11H7BrFN3O. The number of hydrogen-bond acceptors (Lipinski definition) is 3. The molecule has 17 heavy (non-hydrogen) atoms. The standard InChI is InChI=1S/C11H7BrFN3O/c12-9-5-7(3-4-14-9)11(17)16-8-1-2-10(13)15-6-8/h1-6H,(H,16,17). The van der Waals surface area contributed by atoms with Crippen LogP contribution in [0.3, 0.4) is 0 Å². The van der Waals surface area contributed by atoms with Crippen molar-refractivity contribution in [1.82, 2.24) is 9.97 Å². The molecule has 2 aromatic rings. The van der Waals surface area contributed by atoms with Gasteiger partial charge in [0.05, 0.1) is 11.9 Å². The van der Waals surface area contributed by atoms with E-state index in [-0.39, 0.29) is 5.91 Å². The van der Waals surface area contributed by atoms with Crippen molar-refractivity contribution in [2.45, 2.75) is 0 Å². The molecular weight excluding hydrogens is 289 g/mol. The first-order valence-corrected chi connectivity index (χ1v) is 5.49. The Morgan fingerprint density at radius 2 is 2.12 bits per heavy atom. The number of halogens is 2. The highest BCUT2D eigenvalue weighted by atomic mass is 79.9. The third-order valence-electron chi connectivity index (χ3n) is 1.97. The van der Waals surface area contributed by atoms with E-state index >= 15 is 0 Å². The number of aromatic nitrogens is 2. The van der Waals surface area contributed by atoms with Crippen LogP contribution in [0.25, 0.3) is 0 Å². The summed E-state index contributed by atoms with van der Waals surface area (Å²) in [6.45, 7) is 0. The Kier molecular flexibility index (Phi) is 3.43. The zero-order valence-corrected chi connectivity index (χ0v) is 10.1. The van der Waals surface area contributed by atoms with Gasteiger partial charge >= 0.3 is 0 Å². The number of carbonyl (C=O) groups is 1. The molecule has 0 atom stereocenters. The summed E-state index contributed by atoms with van der Waals surface area (Å²) in [5, 5.41) is 2.60. The first-order valence-electron chi connectivity index (χ1n) is 4.69. The lowest BCUT2D eigenvalue weighted by molar-refractivity contribution is 0.102. The van der Waals surface area contributed by atoms with E-state index in [9.17, 15) is 9.18 Å². The summed E-state index contributed by atoms with van der Waals surface area (Å²) in [6, 6.07) is 5.79. The van der Waals surface area contributed by atoms with Crippen LogP contribution >= 0.6 is 15.9 Å². The fourth-order valence-corrected chi connectivity index (χ4v) is 1.56. The van der Waals surface area contributed by atoms with E-state index < -0.39 is 5.95 Å². The monoisotopic (exact) mass is 295 g/mol. The third kappa shape index (κ3) is 3.07. The van der Waals surface area contributed by atoms with Gasteiger partial charge in [-0.1, -0.05) is 0 Å². The lowest BCUT2D eigenvalue weighted by Gasteiger charge is -2.04. The molecule has 4 nitrogen and oxygen atoms in total. The van der Waals surface area contributed by atoms with Gasteiger partial charge in [-0.05, 0) is 40.2 Å². The molecule has 0 fully saturated rings. The minimum absolute atomic E-state index is 0.304.